The summed E-state index contributed by atoms with van der Waals surface area (Å²) in [7, 11) is 0. The number of azo groups is 1. The Labute approximate surface area is 126 Å². The first-order valence-electron chi connectivity index (χ1n) is 6.59. The average molecular weight is 304 g/mol. The van der Waals surface area contributed by atoms with Gasteiger partial charge in [0, 0.05) is 24.7 Å². The molecule has 0 aliphatic rings. The Morgan fingerprint density at radius 2 is 2.10 bits per heavy atom. The van der Waals surface area contributed by atoms with Gasteiger partial charge in [-0.05, 0) is 32.0 Å². The molecule has 1 N–H and O–H groups in total. The average Bonchev–Trinajstić information content (AvgIpc) is 3.00. The van der Waals surface area contributed by atoms with Crippen LogP contribution in [-0.4, -0.2) is 29.1 Å². The first-order valence-corrected chi connectivity index (χ1v) is 7.47. The van der Waals surface area contributed by atoms with E-state index in [2.05, 4.69) is 15.2 Å². The summed E-state index contributed by atoms with van der Waals surface area (Å²) in [6.45, 7) is 5.48. The number of benzene rings is 1. The van der Waals surface area contributed by atoms with E-state index in [-0.39, 0.29) is 5.56 Å². The van der Waals surface area contributed by atoms with Crippen molar-refractivity contribution in [3.63, 3.8) is 0 Å². The standard InChI is InChI=1S/C14H16N4O2S/c1-3-18(4-2)12-6-5-10(9-11(12)13(19)20)16-17-14-15-7-8-21-14/h5-9H,3-4H2,1-2H3,(H,19,20). The topological polar surface area (TPSA) is 78.2 Å². The predicted octanol–water partition coefficient (Wildman–Crippen LogP) is 4.10. The highest BCUT2D eigenvalue weighted by Crippen LogP contribution is 2.27. The summed E-state index contributed by atoms with van der Waals surface area (Å²) in [4.78, 5) is 17.4. The minimum absolute atomic E-state index is 0.231. The van der Waals surface area contributed by atoms with E-state index in [1.165, 1.54) is 17.4 Å². The fourth-order valence-electron chi connectivity index (χ4n) is 1.96. The number of anilines is 1. The Bertz CT molecular complexity index is 636. The molecule has 110 valence electrons. The molecule has 0 fully saturated rings. The van der Waals surface area contributed by atoms with E-state index in [1.54, 1.807) is 23.7 Å². The molecule has 1 heterocycles. The summed E-state index contributed by atoms with van der Waals surface area (Å²) in [5, 5.41) is 19.7. The molecule has 0 aliphatic carbocycles. The van der Waals surface area contributed by atoms with E-state index in [4.69, 9.17) is 0 Å². The molecule has 6 nitrogen and oxygen atoms in total. The lowest BCUT2D eigenvalue weighted by atomic mass is 10.1. The Balaban J connectivity index is 2.34. The minimum Gasteiger partial charge on any atom is -0.478 e. The maximum absolute atomic E-state index is 11.4. The fraction of sp³-hybridized carbons (Fsp3) is 0.286. The molecule has 1 aromatic carbocycles. The molecule has 1 aromatic heterocycles. The molecule has 2 aromatic rings. The highest BCUT2D eigenvalue weighted by atomic mass is 32.1. The number of hydrogen-bond acceptors (Lipinski definition) is 6. The zero-order valence-electron chi connectivity index (χ0n) is 11.9. The lowest BCUT2D eigenvalue weighted by Crippen LogP contribution is -2.24. The van der Waals surface area contributed by atoms with Crippen molar-refractivity contribution in [2.75, 3.05) is 18.0 Å². The van der Waals surface area contributed by atoms with E-state index in [0.29, 0.717) is 16.5 Å². The molecule has 2 rings (SSSR count). The van der Waals surface area contributed by atoms with Gasteiger partial charge in [0.15, 0.2) is 0 Å². The van der Waals surface area contributed by atoms with Crippen LogP contribution in [0.25, 0.3) is 0 Å². The maximum atomic E-state index is 11.4. The van der Waals surface area contributed by atoms with Crippen molar-refractivity contribution in [3.8, 4) is 0 Å². The number of hydrogen-bond donors (Lipinski definition) is 1. The normalized spacial score (nSPS) is 11.0. The summed E-state index contributed by atoms with van der Waals surface area (Å²) in [5.41, 5.74) is 1.42. The smallest absolute Gasteiger partial charge is 0.337 e. The van der Waals surface area contributed by atoms with E-state index in [9.17, 15) is 9.90 Å². The number of thiazole rings is 1. The number of carboxylic acid groups (broad SMARTS) is 1. The van der Waals surface area contributed by atoms with Gasteiger partial charge in [0.1, 0.15) is 0 Å². The van der Waals surface area contributed by atoms with Gasteiger partial charge in [-0.1, -0.05) is 0 Å². The van der Waals surface area contributed by atoms with Gasteiger partial charge >= 0.3 is 5.97 Å². The number of carbonyl (C=O) groups is 1. The van der Waals surface area contributed by atoms with Gasteiger partial charge in [-0.25, -0.2) is 9.78 Å². The second kappa shape index (κ2) is 6.94. The quantitative estimate of drug-likeness (QED) is 0.815. The first kappa shape index (κ1) is 15.1. The van der Waals surface area contributed by atoms with Crippen molar-refractivity contribution >= 4 is 33.8 Å². The van der Waals surface area contributed by atoms with Gasteiger partial charge in [0.25, 0.3) is 0 Å². The second-order valence-corrected chi connectivity index (χ2v) is 5.07. The van der Waals surface area contributed by atoms with Gasteiger partial charge in [0.05, 0.1) is 16.9 Å². The third-order valence-electron chi connectivity index (χ3n) is 2.98. The van der Waals surface area contributed by atoms with Gasteiger partial charge < -0.3 is 10.0 Å². The van der Waals surface area contributed by atoms with Crippen molar-refractivity contribution in [1.29, 1.82) is 0 Å². The molecule has 0 bridgehead atoms. The molecular weight excluding hydrogens is 288 g/mol. The first-order chi connectivity index (χ1) is 10.2. The van der Waals surface area contributed by atoms with Crippen LogP contribution >= 0.6 is 11.3 Å². The summed E-state index contributed by atoms with van der Waals surface area (Å²) < 4.78 is 0. The van der Waals surface area contributed by atoms with E-state index in [1.807, 2.05) is 18.7 Å². The molecule has 21 heavy (non-hydrogen) atoms. The number of nitrogens with zero attached hydrogens (tertiary/aromatic N) is 4. The van der Waals surface area contributed by atoms with Crippen LogP contribution in [0.4, 0.5) is 16.5 Å². The summed E-state index contributed by atoms with van der Waals surface area (Å²) in [6, 6.07) is 5.07. The van der Waals surface area contributed by atoms with Gasteiger partial charge in [-0.15, -0.1) is 21.6 Å². The van der Waals surface area contributed by atoms with Crippen LogP contribution in [0.1, 0.15) is 24.2 Å². The van der Waals surface area contributed by atoms with E-state index >= 15 is 0 Å². The Morgan fingerprint density at radius 1 is 1.33 bits per heavy atom. The van der Waals surface area contributed by atoms with Crippen LogP contribution < -0.4 is 4.90 Å². The molecule has 0 aliphatic heterocycles. The van der Waals surface area contributed by atoms with Crippen molar-refractivity contribution in [2.24, 2.45) is 10.2 Å². The summed E-state index contributed by atoms with van der Waals surface area (Å²) in [5.74, 6) is -0.969. The van der Waals surface area contributed by atoms with Crippen LogP contribution in [-0.2, 0) is 0 Å². The monoisotopic (exact) mass is 304 g/mol. The fourth-order valence-corrected chi connectivity index (χ4v) is 2.42. The minimum atomic E-state index is -0.969. The molecule has 0 atom stereocenters. The molecule has 0 radical (unpaired) electrons. The van der Waals surface area contributed by atoms with Gasteiger partial charge in [-0.2, -0.15) is 0 Å². The van der Waals surface area contributed by atoms with Crippen molar-refractivity contribution < 1.29 is 9.90 Å². The molecule has 0 saturated carbocycles. The van der Waals surface area contributed by atoms with Crippen LogP contribution in [0.5, 0.6) is 0 Å². The highest BCUT2D eigenvalue weighted by molar-refractivity contribution is 7.13. The maximum Gasteiger partial charge on any atom is 0.337 e. The molecule has 0 spiro atoms. The Morgan fingerprint density at radius 3 is 2.67 bits per heavy atom. The molecule has 0 amide bonds. The van der Waals surface area contributed by atoms with Crippen LogP contribution in [0.15, 0.2) is 40.0 Å². The SMILES string of the molecule is CCN(CC)c1ccc(N=Nc2nccs2)cc1C(=O)O. The Kier molecular flexibility index (Phi) is 4.99. The zero-order valence-corrected chi connectivity index (χ0v) is 12.7. The zero-order chi connectivity index (χ0) is 15.2. The van der Waals surface area contributed by atoms with Crippen LogP contribution in [0.3, 0.4) is 0 Å². The predicted molar refractivity (Wildman–Crippen MR) is 83.3 cm³/mol. The lowest BCUT2D eigenvalue weighted by molar-refractivity contribution is 0.0697. The number of carboxylic acids is 1. The molecule has 7 heteroatoms. The van der Waals surface area contributed by atoms with Gasteiger partial charge in [0.2, 0.25) is 5.13 Å². The summed E-state index contributed by atoms with van der Waals surface area (Å²) in [6.07, 6.45) is 1.64. The number of aromatic carboxylic acids is 1. The largest absolute Gasteiger partial charge is 0.478 e. The number of rotatable bonds is 6. The van der Waals surface area contributed by atoms with E-state index < -0.39 is 5.97 Å². The lowest BCUT2D eigenvalue weighted by Gasteiger charge is -2.22. The van der Waals surface area contributed by atoms with Crippen LogP contribution in [0, 0.1) is 0 Å². The van der Waals surface area contributed by atoms with Crippen LogP contribution in [0.2, 0.25) is 0 Å². The Hall–Kier alpha value is -2.28. The van der Waals surface area contributed by atoms with E-state index in [0.717, 1.165) is 13.1 Å². The van der Waals surface area contributed by atoms with Crippen molar-refractivity contribution in [2.45, 2.75) is 13.8 Å². The summed E-state index contributed by atoms with van der Waals surface area (Å²) >= 11 is 1.37. The molecular formula is C14H16N4O2S. The number of aromatic nitrogens is 1. The second-order valence-electron chi connectivity index (χ2n) is 4.19. The third kappa shape index (κ3) is 3.63. The van der Waals surface area contributed by atoms with Crippen molar-refractivity contribution in [3.05, 3.63) is 35.3 Å². The third-order valence-corrected chi connectivity index (χ3v) is 3.64. The molecule has 0 unspecified atom stereocenters. The molecule has 0 saturated heterocycles. The van der Waals surface area contributed by atoms with Crippen molar-refractivity contribution in [1.82, 2.24) is 4.98 Å². The highest BCUT2D eigenvalue weighted by Gasteiger charge is 2.15. The van der Waals surface area contributed by atoms with Gasteiger partial charge in [-0.3, -0.25) is 0 Å².